The summed E-state index contributed by atoms with van der Waals surface area (Å²) in [5, 5.41) is 0. The molecule has 0 radical (unpaired) electrons. The van der Waals surface area contributed by atoms with Crippen LogP contribution < -0.4 is 0 Å². The number of nitrogens with zero attached hydrogens (tertiary/aromatic N) is 1. The van der Waals surface area contributed by atoms with E-state index in [0.717, 1.165) is 17.9 Å². The minimum absolute atomic E-state index is 0.569. The van der Waals surface area contributed by atoms with Crippen LogP contribution in [0.4, 0.5) is 0 Å². The Kier molecular flexibility index (Phi) is 4.45. The Balaban J connectivity index is 2.21. The van der Waals surface area contributed by atoms with E-state index in [1.54, 1.807) is 5.57 Å². The predicted octanol–water partition coefficient (Wildman–Crippen LogP) is 4.88. The maximum atomic E-state index is 2.66. The van der Waals surface area contributed by atoms with Gasteiger partial charge < -0.3 is 4.90 Å². The minimum Gasteiger partial charge on any atom is -0.301 e. The molecule has 1 spiro atoms. The molecule has 0 saturated carbocycles. The highest BCUT2D eigenvalue weighted by Gasteiger charge is 2.44. The van der Waals surface area contributed by atoms with Gasteiger partial charge in [-0.3, -0.25) is 0 Å². The first-order valence-electron chi connectivity index (χ1n) is 8.35. The number of allylic oxidation sites excluding steroid dienone is 2. The second kappa shape index (κ2) is 5.60. The van der Waals surface area contributed by atoms with E-state index in [0.29, 0.717) is 5.41 Å². The van der Waals surface area contributed by atoms with Gasteiger partial charge in [-0.05, 0) is 69.9 Å². The summed E-state index contributed by atoms with van der Waals surface area (Å²) in [4.78, 5) is 2.66. The Morgan fingerprint density at radius 3 is 1.84 bits per heavy atom. The van der Waals surface area contributed by atoms with Gasteiger partial charge in [-0.1, -0.05) is 38.8 Å². The predicted molar refractivity (Wildman–Crippen MR) is 84.3 cm³/mol. The smallest absolute Gasteiger partial charge is 0.00386 e. The molecular weight excluding hydrogens is 230 g/mol. The Morgan fingerprint density at radius 2 is 1.42 bits per heavy atom. The first kappa shape index (κ1) is 15.1. The number of hydrogen-bond acceptors (Lipinski definition) is 1. The average Bonchev–Trinajstić information content (AvgIpc) is 2.69. The molecule has 1 heteroatoms. The number of rotatable bonds is 3. The third-order valence-corrected chi connectivity index (χ3v) is 5.55. The van der Waals surface area contributed by atoms with Gasteiger partial charge in [0.15, 0.2) is 0 Å². The van der Waals surface area contributed by atoms with Crippen LogP contribution >= 0.6 is 0 Å². The van der Waals surface area contributed by atoms with Gasteiger partial charge >= 0.3 is 0 Å². The van der Waals surface area contributed by atoms with Crippen LogP contribution in [0.2, 0.25) is 0 Å². The quantitative estimate of drug-likeness (QED) is 0.656. The van der Waals surface area contributed by atoms with Crippen molar-refractivity contribution in [1.29, 1.82) is 0 Å². The van der Waals surface area contributed by atoms with E-state index in [-0.39, 0.29) is 0 Å². The van der Waals surface area contributed by atoms with Crippen molar-refractivity contribution in [2.75, 3.05) is 13.1 Å². The molecule has 0 unspecified atom stereocenters. The van der Waals surface area contributed by atoms with Crippen LogP contribution in [0.5, 0.6) is 0 Å². The molecule has 1 heterocycles. The summed E-state index contributed by atoms with van der Waals surface area (Å²) in [5.41, 5.74) is 4.22. The van der Waals surface area contributed by atoms with Crippen molar-refractivity contribution < 1.29 is 0 Å². The molecule has 2 rings (SSSR count). The molecule has 1 fully saturated rings. The van der Waals surface area contributed by atoms with Gasteiger partial charge in [0, 0.05) is 6.04 Å². The summed E-state index contributed by atoms with van der Waals surface area (Å²) in [7, 11) is 0. The van der Waals surface area contributed by atoms with Crippen LogP contribution in [-0.4, -0.2) is 24.0 Å². The van der Waals surface area contributed by atoms with Crippen LogP contribution in [0.1, 0.15) is 67.2 Å². The highest BCUT2D eigenvalue weighted by atomic mass is 15.2. The second-order valence-electron chi connectivity index (χ2n) is 7.66. The average molecular weight is 263 g/mol. The monoisotopic (exact) mass is 263 g/mol. The number of hydrogen-bond donors (Lipinski definition) is 0. The summed E-state index contributed by atoms with van der Waals surface area (Å²) >= 11 is 0. The Hall–Kier alpha value is -0.300. The van der Waals surface area contributed by atoms with Crippen molar-refractivity contribution in [2.24, 2.45) is 17.3 Å². The molecule has 2 aliphatic rings. The second-order valence-corrected chi connectivity index (χ2v) is 7.66. The van der Waals surface area contributed by atoms with Gasteiger partial charge in [-0.25, -0.2) is 0 Å². The van der Waals surface area contributed by atoms with Gasteiger partial charge in [-0.2, -0.15) is 0 Å². The first-order valence-corrected chi connectivity index (χ1v) is 8.35. The normalized spacial score (nSPS) is 24.5. The maximum absolute atomic E-state index is 2.66. The van der Waals surface area contributed by atoms with Gasteiger partial charge in [0.2, 0.25) is 0 Å². The highest BCUT2D eigenvalue weighted by molar-refractivity contribution is 5.32. The van der Waals surface area contributed by atoms with Crippen molar-refractivity contribution >= 4 is 0 Å². The van der Waals surface area contributed by atoms with E-state index in [1.807, 2.05) is 5.57 Å². The van der Waals surface area contributed by atoms with Crippen molar-refractivity contribution in [2.45, 2.75) is 73.3 Å². The fraction of sp³-hybridized carbons (Fsp3) is 0.889. The molecule has 1 aliphatic carbocycles. The zero-order valence-electron chi connectivity index (χ0n) is 13.9. The molecule has 0 aromatic rings. The lowest BCUT2D eigenvalue weighted by Crippen LogP contribution is -2.43. The van der Waals surface area contributed by atoms with Gasteiger partial charge in [0.05, 0.1) is 0 Å². The largest absolute Gasteiger partial charge is 0.301 e. The molecule has 0 atom stereocenters. The molecule has 1 saturated heterocycles. The lowest BCUT2D eigenvalue weighted by atomic mass is 9.69. The van der Waals surface area contributed by atoms with Crippen molar-refractivity contribution in [3.8, 4) is 0 Å². The van der Waals surface area contributed by atoms with Crippen LogP contribution in [0.25, 0.3) is 0 Å². The molecule has 0 bridgehead atoms. The molecule has 110 valence electrons. The van der Waals surface area contributed by atoms with Crippen molar-refractivity contribution in [3.05, 3.63) is 11.1 Å². The summed E-state index contributed by atoms with van der Waals surface area (Å²) < 4.78 is 0. The van der Waals surface area contributed by atoms with Crippen molar-refractivity contribution in [1.82, 2.24) is 4.90 Å². The lowest BCUT2D eigenvalue weighted by molar-refractivity contribution is 0.101. The van der Waals surface area contributed by atoms with E-state index in [4.69, 9.17) is 0 Å². The molecule has 1 nitrogen and oxygen atoms in total. The van der Waals surface area contributed by atoms with E-state index >= 15 is 0 Å². The van der Waals surface area contributed by atoms with Crippen LogP contribution in [-0.2, 0) is 0 Å². The van der Waals surface area contributed by atoms with Gasteiger partial charge in [-0.15, -0.1) is 0 Å². The van der Waals surface area contributed by atoms with Crippen molar-refractivity contribution in [3.63, 3.8) is 0 Å². The molecule has 0 aromatic heterocycles. The van der Waals surface area contributed by atoms with E-state index in [2.05, 4.69) is 46.4 Å². The van der Waals surface area contributed by atoms with E-state index in [9.17, 15) is 0 Å². The third-order valence-electron chi connectivity index (χ3n) is 5.55. The minimum atomic E-state index is 0.569. The van der Waals surface area contributed by atoms with E-state index < -0.39 is 0 Å². The standard InChI is InChI=1S/C18H33N/c1-13(2)16-7-8-18(17(16)14(3)4)9-11-19(12-10-18)15(5)6/h13-15H,7-12H2,1-6H3. The Bertz CT molecular complexity index is 341. The van der Waals surface area contributed by atoms with Crippen LogP contribution in [0.15, 0.2) is 11.1 Å². The summed E-state index contributed by atoms with van der Waals surface area (Å²) in [5.74, 6) is 1.49. The molecule has 1 aliphatic heterocycles. The number of likely N-dealkylation sites (tertiary alicyclic amines) is 1. The van der Waals surface area contributed by atoms with Crippen LogP contribution in [0.3, 0.4) is 0 Å². The Morgan fingerprint density at radius 1 is 0.842 bits per heavy atom. The van der Waals surface area contributed by atoms with E-state index in [1.165, 1.54) is 38.8 Å². The molecule has 19 heavy (non-hydrogen) atoms. The summed E-state index contributed by atoms with van der Waals surface area (Å²) in [6.45, 7) is 16.9. The summed E-state index contributed by atoms with van der Waals surface area (Å²) in [6.07, 6.45) is 5.59. The fourth-order valence-electron chi connectivity index (χ4n) is 4.55. The zero-order chi connectivity index (χ0) is 14.2. The molecular formula is C18H33N. The lowest BCUT2D eigenvalue weighted by Gasteiger charge is -2.44. The molecule has 0 amide bonds. The molecule has 0 aromatic carbocycles. The van der Waals surface area contributed by atoms with Gasteiger partial charge in [0.1, 0.15) is 0 Å². The summed E-state index contributed by atoms with van der Waals surface area (Å²) in [6, 6.07) is 0.717. The molecule has 0 N–H and O–H groups in total. The SMILES string of the molecule is CC(C)C1=C(C(C)C)C2(CC1)CCN(C(C)C)CC2. The number of piperidine rings is 1. The third kappa shape index (κ3) is 2.77. The first-order chi connectivity index (χ1) is 8.87. The topological polar surface area (TPSA) is 3.24 Å². The fourth-order valence-corrected chi connectivity index (χ4v) is 4.55. The highest BCUT2D eigenvalue weighted by Crippen LogP contribution is 2.54. The van der Waals surface area contributed by atoms with Crippen LogP contribution in [0, 0.1) is 17.3 Å². The van der Waals surface area contributed by atoms with Gasteiger partial charge in [0.25, 0.3) is 0 Å². The maximum Gasteiger partial charge on any atom is 0.00386 e. The zero-order valence-corrected chi connectivity index (χ0v) is 13.9. The Labute approximate surface area is 120 Å².